The van der Waals surface area contributed by atoms with Gasteiger partial charge in [0.05, 0.1) is 12.6 Å². The number of amides is 2. The Balaban J connectivity index is 1.38. The summed E-state index contributed by atoms with van der Waals surface area (Å²) in [4.78, 5) is 36.9. The van der Waals surface area contributed by atoms with Crippen LogP contribution in [0.3, 0.4) is 0 Å². The molecule has 0 heterocycles. The lowest BCUT2D eigenvalue weighted by Gasteiger charge is -2.18. The number of hydrogen-bond donors (Lipinski definition) is 2. The van der Waals surface area contributed by atoms with Crippen molar-refractivity contribution >= 4 is 28.4 Å². The van der Waals surface area contributed by atoms with Crippen LogP contribution in [0.1, 0.15) is 28.4 Å². The van der Waals surface area contributed by atoms with Gasteiger partial charge in [0.15, 0.2) is 5.78 Å². The SMILES string of the molecule is CC(=O)NCC(=O)[C@H](Cc1ccccc1)NC(=O)c1ccc(OCc2ccc3ccccc3c2)cc1. The quantitative estimate of drug-likeness (QED) is 0.351. The number of fused-ring (bicyclic) bond motifs is 1. The summed E-state index contributed by atoms with van der Waals surface area (Å²) >= 11 is 0. The van der Waals surface area contributed by atoms with Gasteiger partial charge in [-0.05, 0) is 58.7 Å². The van der Waals surface area contributed by atoms with Crippen LogP contribution < -0.4 is 15.4 Å². The first-order chi connectivity index (χ1) is 17.5. The van der Waals surface area contributed by atoms with Crippen LogP contribution in [0.15, 0.2) is 97.1 Å². The first-order valence-corrected chi connectivity index (χ1v) is 11.8. The Labute approximate surface area is 210 Å². The normalized spacial score (nSPS) is 11.5. The van der Waals surface area contributed by atoms with Crippen LogP contribution in [0.2, 0.25) is 0 Å². The second-order valence-electron chi connectivity index (χ2n) is 8.59. The number of nitrogens with one attached hydrogen (secondary N) is 2. The van der Waals surface area contributed by atoms with Crippen LogP contribution in [0.4, 0.5) is 0 Å². The van der Waals surface area contributed by atoms with E-state index >= 15 is 0 Å². The summed E-state index contributed by atoms with van der Waals surface area (Å²) in [5.74, 6) is -0.291. The van der Waals surface area contributed by atoms with Crippen LogP contribution in [0.5, 0.6) is 5.75 Å². The van der Waals surface area contributed by atoms with Gasteiger partial charge in [-0.15, -0.1) is 0 Å². The molecule has 0 saturated heterocycles. The smallest absolute Gasteiger partial charge is 0.251 e. The zero-order valence-corrected chi connectivity index (χ0v) is 20.1. The predicted octanol–water partition coefficient (Wildman–Crippen LogP) is 4.47. The first kappa shape index (κ1) is 24.7. The lowest BCUT2D eigenvalue weighted by atomic mass is 10.0. The average Bonchev–Trinajstić information content (AvgIpc) is 2.91. The fourth-order valence-electron chi connectivity index (χ4n) is 3.87. The molecule has 0 aromatic heterocycles. The Morgan fingerprint density at radius 1 is 0.778 bits per heavy atom. The molecule has 4 rings (SSSR count). The van der Waals surface area contributed by atoms with E-state index in [0.717, 1.165) is 16.5 Å². The van der Waals surface area contributed by atoms with E-state index in [1.54, 1.807) is 24.3 Å². The standard InChI is InChI=1S/C30H28N2O4/c1-21(33)31-19-29(34)28(18-22-7-3-2-4-8-22)32-30(35)25-13-15-27(16-14-25)36-20-23-11-12-24-9-5-6-10-26(24)17-23/h2-17,28H,18-20H2,1H3,(H,31,33)(H,32,35)/t28-/m0/s1. The van der Waals surface area contributed by atoms with E-state index in [0.29, 0.717) is 24.3 Å². The molecule has 0 radical (unpaired) electrons. The Morgan fingerprint density at radius 2 is 1.47 bits per heavy atom. The Hall–Kier alpha value is -4.45. The Bertz CT molecular complexity index is 1350. The van der Waals surface area contributed by atoms with Crippen molar-refractivity contribution in [3.63, 3.8) is 0 Å². The van der Waals surface area contributed by atoms with Gasteiger partial charge >= 0.3 is 0 Å². The minimum Gasteiger partial charge on any atom is -0.489 e. The second-order valence-corrected chi connectivity index (χ2v) is 8.59. The van der Waals surface area contributed by atoms with Crippen molar-refractivity contribution in [1.82, 2.24) is 10.6 Å². The summed E-state index contributed by atoms with van der Waals surface area (Å²) in [6.07, 6.45) is 0.331. The molecule has 4 aromatic carbocycles. The largest absolute Gasteiger partial charge is 0.489 e. The zero-order chi connectivity index (χ0) is 25.3. The van der Waals surface area contributed by atoms with Gasteiger partial charge in [0.25, 0.3) is 5.91 Å². The molecule has 0 aliphatic carbocycles. The number of Topliss-reactive ketones (excluding diaryl/α,β-unsaturated/α-hetero) is 1. The molecule has 2 N–H and O–H groups in total. The van der Waals surface area contributed by atoms with Gasteiger partial charge in [0.1, 0.15) is 12.4 Å². The number of hydrogen-bond acceptors (Lipinski definition) is 4. The number of benzene rings is 4. The van der Waals surface area contributed by atoms with Crippen LogP contribution in [-0.4, -0.2) is 30.2 Å². The van der Waals surface area contributed by atoms with Crippen molar-refractivity contribution in [3.05, 3.63) is 114 Å². The molecule has 4 aromatic rings. The molecule has 0 aliphatic rings. The second kappa shape index (κ2) is 11.8. The Morgan fingerprint density at radius 3 is 2.19 bits per heavy atom. The van der Waals surface area contributed by atoms with Crippen LogP contribution >= 0.6 is 0 Å². The molecule has 1 atom stereocenters. The summed E-state index contributed by atoms with van der Waals surface area (Å²) in [6.45, 7) is 1.61. The van der Waals surface area contributed by atoms with Crippen molar-refractivity contribution < 1.29 is 19.1 Å². The molecule has 0 bridgehead atoms. The van der Waals surface area contributed by atoms with E-state index in [1.807, 2.05) is 48.5 Å². The summed E-state index contributed by atoms with van der Waals surface area (Å²) in [5, 5.41) is 7.67. The third-order valence-corrected chi connectivity index (χ3v) is 5.82. The molecule has 36 heavy (non-hydrogen) atoms. The molecule has 0 unspecified atom stereocenters. The maximum Gasteiger partial charge on any atom is 0.251 e. The number of ketones is 1. The van der Waals surface area contributed by atoms with Gasteiger partial charge in [-0.25, -0.2) is 0 Å². The highest BCUT2D eigenvalue weighted by molar-refractivity contribution is 5.99. The number of carbonyl (C=O) groups excluding carboxylic acids is 3. The van der Waals surface area contributed by atoms with E-state index in [-0.39, 0.29) is 24.1 Å². The fraction of sp³-hybridized carbons (Fsp3) is 0.167. The van der Waals surface area contributed by atoms with Gasteiger partial charge in [0.2, 0.25) is 5.91 Å². The molecule has 2 amide bonds. The van der Waals surface area contributed by atoms with Gasteiger partial charge in [-0.3, -0.25) is 14.4 Å². The monoisotopic (exact) mass is 480 g/mol. The van der Waals surface area contributed by atoms with Crippen molar-refractivity contribution in [2.45, 2.75) is 26.0 Å². The average molecular weight is 481 g/mol. The van der Waals surface area contributed by atoms with E-state index < -0.39 is 6.04 Å². The third-order valence-electron chi connectivity index (χ3n) is 5.82. The van der Waals surface area contributed by atoms with Crippen molar-refractivity contribution in [2.75, 3.05) is 6.54 Å². The van der Waals surface area contributed by atoms with Gasteiger partial charge in [0, 0.05) is 12.5 Å². The topological polar surface area (TPSA) is 84.5 Å². The summed E-state index contributed by atoms with van der Waals surface area (Å²) in [6, 6.07) is 29.8. The first-order valence-electron chi connectivity index (χ1n) is 11.8. The van der Waals surface area contributed by atoms with E-state index in [2.05, 4.69) is 34.9 Å². The van der Waals surface area contributed by atoms with Gasteiger partial charge < -0.3 is 15.4 Å². The molecular weight excluding hydrogens is 452 g/mol. The molecule has 0 saturated carbocycles. The number of rotatable bonds is 10. The lowest BCUT2D eigenvalue weighted by Crippen LogP contribution is -2.46. The van der Waals surface area contributed by atoms with E-state index in [4.69, 9.17) is 4.74 Å². The maximum atomic E-state index is 12.9. The molecular formula is C30H28N2O4. The van der Waals surface area contributed by atoms with Crippen LogP contribution in [0, 0.1) is 0 Å². The predicted molar refractivity (Wildman–Crippen MR) is 140 cm³/mol. The van der Waals surface area contributed by atoms with E-state index in [1.165, 1.54) is 12.3 Å². The highest BCUT2D eigenvalue weighted by Gasteiger charge is 2.22. The number of ether oxygens (including phenoxy) is 1. The minimum absolute atomic E-state index is 0.144. The van der Waals surface area contributed by atoms with E-state index in [9.17, 15) is 14.4 Å². The molecule has 182 valence electrons. The summed E-state index contributed by atoms with van der Waals surface area (Å²) in [7, 11) is 0. The van der Waals surface area contributed by atoms with Gasteiger partial charge in [-0.1, -0.05) is 66.7 Å². The van der Waals surface area contributed by atoms with Crippen LogP contribution in [-0.2, 0) is 22.6 Å². The third kappa shape index (κ3) is 6.79. The highest BCUT2D eigenvalue weighted by atomic mass is 16.5. The fourth-order valence-corrected chi connectivity index (χ4v) is 3.87. The molecule has 6 heteroatoms. The van der Waals surface area contributed by atoms with Gasteiger partial charge in [-0.2, -0.15) is 0 Å². The maximum absolute atomic E-state index is 12.9. The highest BCUT2D eigenvalue weighted by Crippen LogP contribution is 2.19. The van der Waals surface area contributed by atoms with Crippen molar-refractivity contribution in [2.24, 2.45) is 0 Å². The van der Waals surface area contributed by atoms with Crippen LogP contribution in [0.25, 0.3) is 10.8 Å². The molecule has 0 fully saturated rings. The number of carbonyl (C=O) groups is 3. The summed E-state index contributed by atoms with van der Waals surface area (Å²) < 4.78 is 5.90. The summed E-state index contributed by atoms with van der Waals surface area (Å²) in [5.41, 5.74) is 2.38. The Kier molecular flexibility index (Phi) is 8.08. The van der Waals surface area contributed by atoms with Crippen molar-refractivity contribution in [3.8, 4) is 5.75 Å². The molecule has 0 spiro atoms. The lowest BCUT2D eigenvalue weighted by molar-refractivity contribution is -0.124. The zero-order valence-electron chi connectivity index (χ0n) is 20.1. The molecule has 6 nitrogen and oxygen atoms in total. The van der Waals surface area contributed by atoms with Crippen molar-refractivity contribution in [1.29, 1.82) is 0 Å². The minimum atomic E-state index is -0.768. The molecule has 0 aliphatic heterocycles.